The predicted molar refractivity (Wildman–Crippen MR) is 113 cm³/mol. The molecule has 0 radical (unpaired) electrons. The molecule has 1 fully saturated rings. The van der Waals surface area contributed by atoms with E-state index in [2.05, 4.69) is 30.9 Å². The second-order valence-corrected chi connectivity index (χ2v) is 9.63. The molecule has 3 rings (SSSR count). The number of piperazine rings is 1. The van der Waals surface area contributed by atoms with Crippen molar-refractivity contribution < 1.29 is 13.2 Å². The van der Waals surface area contributed by atoms with Gasteiger partial charge in [-0.1, -0.05) is 41.9 Å². The van der Waals surface area contributed by atoms with Gasteiger partial charge in [-0.05, 0) is 44.0 Å². The van der Waals surface area contributed by atoms with Crippen LogP contribution in [0.2, 0.25) is 5.02 Å². The van der Waals surface area contributed by atoms with Crippen LogP contribution in [0.3, 0.4) is 0 Å². The predicted octanol–water partition coefficient (Wildman–Crippen LogP) is 3.67. The van der Waals surface area contributed by atoms with Crippen LogP contribution in [0.1, 0.15) is 19.4 Å². The minimum atomic E-state index is -3.69. The molecular formula is C21H27ClN2O3S. The molecule has 152 valence electrons. The van der Waals surface area contributed by atoms with Gasteiger partial charge in [-0.3, -0.25) is 4.90 Å². The second kappa shape index (κ2) is 8.82. The van der Waals surface area contributed by atoms with Crippen molar-refractivity contribution in [2.24, 2.45) is 0 Å². The Morgan fingerprint density at radius 1 is 1.07 bits per heavy atom. The van der Waals surface area contributed by atoms with Crippen molar-refractivity contribution in [1.82, 2.24) is 9.21 Å². The lowest BCUT2D eigenvalue weighted by atomic mass is 10.1. The number of hydrogen-bond acceptors (Lipinski definition) is 4. The van der Waals surface area contributed by atoms with Crippen LogP contribution in [0, 0.1) is 0 Å². The lowest BCUT2D eigenvalue weighted by Gasteiger charge is -2.44. The SMILES string of the molecule is COc1ccc(Cl)cc1S(=O)(=O)N1CC(C)N(CCc2ccccc2)C(C)C1. The van der Waals surface area contributed by atoms with E-state index in [1.807, 2.05) is 18.2 Å². The Labute approximate surface area is 172 Å². The van der Waals surface area contributed by atoms with Crippen molar-refractivity contribution in [1.29, 1.82) is 0 Å². The highest BCUT2D eigenvalue weighted by Gasteiger charge is 2.37. The summed E-state index contributed by atoms with van der Waals surface area (Å²) in [6.07, 6.45) is 0.949. The molecule has 2 aromatic rings. The molecule has 2 unspecified atom stereocenters. The Morgan fingerprint density at radius 3 is 2.32 bits per heavy atom. The molecule has 7 heteroatoms. The number of ether oxygens (including phenoxy) is 1. The molecule has 2 atom stereocenters. The Bertz CT molecular complexity index is 893. The Hall–Kier alpha value is -1.60. The normalized spacial score (nSPS) is 21.6. The topological polar surface area (TPSA) is 49.9 Å². The molecule has 1 heterocycles. The molecule has 1 aliphatic rings. The van der Waals surface area contributed by atoms with Gasteiger partial charge in [0, 0.05) is 36.7 Å². The van der Waals surface area contributed by atoms with Crippen molar-refractivity contribution in [2.75, 3.05) is 26.7 Å². The van der Waals surface area contributed by atoms with Crippen LogP contribution < -0.4 is 4.74 Å². The third kappa shape index (κ3) is 4.51. The summed E-state index contributed by atoms with van der Waals surface area (Å²) in [7, 11) is -2.22. The van der Waals surface area contributed by atoms with Gasteiger partial charge in [0.2, 0.25) is 10.0 Å². The molecule has 1 saturated heterocycles. The van der Waals surface area contributed by atoms with Gasteiger partial charge in [-0.25, -0.2) is 8.42 Å². The highest BCUT2D eigenvalue weighted by molar-refractivity contribution is 7.89. The largest absolute Gasteiger partial charge is 0.495 e. The van der Waals surface area contributed by atoms with Crippen molar-refractivity contribution in [3.63, 3.8) is 0 Å². The summed E-state index contributed by atoms with van der Waals surface area (Å²) < 4.78 is 33.3. The third-order valence-corrected chi connectivity index (χ3v) is 7.40. The monoisotopic (exact) mass is 422 g/mol. The lowest BCUT2D eigenvalue weighted by Crippen LogP contribution is -2.58. The minimum absolute atomic E-state index is 0.118. The molecule has 5 nitrogen and oxygen atoms in total. The number of hydrogen-bond donors (Lipinski definition) is 0. The first-order chi connectivity index (χ1) is 13.3. The molecule has 0 bridgehead atoms. The van der Waals surface area contributed by atoms with E-state index in [4.69, 9.17) is 16.3 Å². The Morgan fingerprint density at radius 2 is 1.71 bits per heavy atom. The molecule has 28 heavy (non-hydrogen) atoms. The summed E-state index contributed by atoms with van der Waals surface area (Å²) in [4.78, 5) is 2.51. The quantitative estimate of drug-likeness (QED) is 0.712. The summed E-state index contributed by atoms with van der Waals surface area (Å²) in [5.74, 6) is 0.316. The van der Waals surface area contributed by atoms with E-state index in [-0.39, 0.29) is 17.0 Å². The maximum atomic E-state index is 13.3. The highest BCUT2D eigenvalue weighted by atomic mass is 35.5. The van der Waals surface area contributed by atoms with Gasteiger partial charge in [0.05, 0.1) is 7.11 Å². The molecule has 0 spiro atoms. The van der Waals surface area contributed by atoms with Crippen molar-refractivity contribution in [3.8, 4) is 5.75 Å². The van der Waals surface area contributed by atoms with Gasteiger partial charge in [0.1, 0.15) is 10.6 Å². The number of methoxy groups -OCH3 is 1. The smallest absolute Gasteiger partial charge is 0.246 e. The summed E-state index contributed by atoms with van der Waals surface area (Å²) in [6, 6.07) is 15.3. The van der Waals surface area contributed by atoms with Crippen molar-refractivity contribution in [3.05, 3.63) is 59.1 Å². The molecule has 1 aliphatic heterocycles. The molecule has 0 N–H and O–H groups in total. The summed E-state index contributed by atoms with van der Waals surface area (Å²) >= 11 is 6.05. The zero-order valence-electron chi connectivity index (χ0n) is 16.5. The summed E-state index contributed by atoms with van der Waals surface area (Å²) in [6.45, 7) is 5.95. The van der Waals surface area contributed by atoms with Gasteiger partial charge in [-0.15, -0.1) is 0 Å². The maximum absolute atomic E-state index is 13.3. The number of rotatable bonds is 6. The molecule has 0 aliphatic carbocycles. The van der Waals surface area contributed by atoms with E-state index in [0.29, 0.717) is 23.9 Å². The number of sulfonamides is 1. The van der Waals surface area contributed by atoms with Crippen molar-refractivity contribution in [2.45, 2.75) is 37.2 Å². The van der Waals surface area contributed by atoms with Crippen LogP contribution in [0.25, 0.3) is 0 Å². The third-order valence-electron chi connectivity index (χ3n) is 5.31. The average Bonchev–Trinajstić information content (AvgIpc) is 2.68. The van der Waals surface area contributed by atoms with E-state index in [9.17, 15) is 8.42 Å². The van der Waals surface area contributed by atoms with Crippen molar-refractivity contribution >= 4 is 21.6 Å². The van der Waals surface area contributed by atoms with E-state index in [1.165, 1.54) is 18.7 Å². The van der Waals surface area contributed by atoms with E-state index >= 15 is 0 Å². The Kier molecular flexibility index (Phi) is 6.65. The highest BCUT2D eigenvalue weighted by Crippen LogP contribution is 2.31. The molecule has 0 aromatic heterocycles. The van der Waals surface area contributed by atoms with Crippen LogP contribution in [0.4, 0.5) is 0 Å². The first-order valence-electron chi connectivity index (χ1n) is 9.46. The van der Waals surface area contributed by atoms with Gasteiger partial charge in [-0.2, -0.15) is 4.31 Å². The van der Waals surface area contributed by atoms with Crippen LogP contribution in [-0.2, 0) is 16.4 Å². The first kappa shape index (κ1) is 21.1. The number of halogens is 1. The van der Waals surface area contributed by atoms with E-state index in [0.717, 1.165) is 13.0 Å². The first-order valence-corrected chi connectivity index (χ1v) is 11.3. The molecular weight excluding hydrogens is 396 g/mol. The fraction of sp³-hybridized carbons (Fsp3) is 0.429. The van der Waals surface area contributed by atoms with Crippen LogP contribution >= 0.6 is 11.6 Å². The maximum Gasteiger partial charge on any atom is 0.246 e. The van der Waals surface area contributed by atoms with Crippen LogP contribution in [0.5, 0.6) is 5.75 Å². The average molecular weight is 423 g/mol. The van der Waals surface area contributed by atoms with E-state index in [1.54, 1.807) is 16.4 Å². The minimum Gasteiger partial charge on any atom is -0.495 e. The number of benzene rings is 2. The molecule has 0 amide bonds. The fourth-order valence-corrected chi connectivity index (χ4v) is 5.86. The zero-order chi connectivity index (χ0) is 20.3. The van der Waals surface area contributed by atoms with Gasteiger partial charge < -0.3 is 4.74 Å². The zero-order valence-corrected chi connectivity index (χ0v) is 18.1. The van der Waals surface area contributed by atoms with Crippen LogP contribution in [-0.4, -0.2) is 56.5 Å². The van der Waals surface area contributed by atoms with E-state index < -0.39 is 10.0 Å². The Balaban J connectivity index is 1.75. The standard InChI is InChI=1S/C21H27ClN2O3S/c1-16-14-23(28(25,26)21-13-19(22)9-10-20(21)27-3)15-17(2)24(16)12-11-18-7-5-4-6-8-18/h4-10,13,16-17H,11-12,14-15H2,1-3H3. The van der Waals surface area contributed by atoms with Crippen LogP contribution in [0.15, 0.2) is 53.4 Å². The molecule has 0 saturated carbocycles. The lowest BCUT2D eigenvalue weighted by molar-refractivity contribution is 0.0783. The van der Waals surface area contributed by atoms with Gasteiger partial charge >= 0.3 is 0 Å². The summed E-state index contributed by atoms with van der Waals surface area (Å²) in [5, 5.41) is 0.377. The van der Waals surface area contributed by atoms with Gasteiger partial charge in [0.25, 0.3) is 0 Å². The fourth-order valence-electron chi connectivity index (χ4n) is 3.84. The second-order valence-electron chi connectivity index (χ2n) is 7.29. The molecule has 2 aromatic carbocycles. The van der Waals surface area contributed by atoms with Gasteiger partial charge in [0.15, 0.2) is 0 Å². The number of nitrogens with zero attached hydrogens (tertiary/aromatic N) is 2. The summed E-state index contributed by atoms with van der Waals surface area (Å²) in [5.41, 5.74) is 1.29.